The van der Waals surface area contributed by atoms with Crippen molar-refractivity contribution in [1.82, 2.24) is 5.43 Å². The summed E-state index contributed by atoms with van der Waals surface area (Å²) in [6.45, 7) is 0. The Morgan fingerprint density at radius 1 is 1.04 bits per heavy atom. The maximum Gasteiger partial charge on any atom is 0.271 e. The number of sulfonamides is 1. The molecule has 0 bridgehead atoms. The summed E-state index contributed by atoms with van der Waals surface area (Å²) in [5, 5.41) is 4.22. The van der Waals surface area contributed by atoms with Gasteiger partial charge >= 0.3 is 0 Å². The first-order valence-corrected chi connectivity index (χ1v) is 9.55. The van der Waals surface area contributed by atoms with Crippen molar-refractivity contribution < 1.29 is 17.6 Å². The molecule has 2 aromatic carbocycles. The van der Waals surface area contributed by atoms with E-state index < -0.39 is 15.9 Å². The van der Waals surface area contributed by atoms with Crippen molar-refractivity contribution in [1.29, 1.82) is 0 Å². The molecule has 1 aromatic heterocycles. The summed E-state index contributed by atoms with van der Waals surface area (Å²) >= 11 is 5.77. The normalized spacial score (nSPS) is 11.4. The van der Waals surface area contributed by atoms with Crippen molar-refractivity contribution in [2.45, 2.75) is 4.90 Å². The van der Waals surface area contributed by atoms with Crippen molar-refractivity contribution in [2.75, 3.05) is 4.72 Å². The summed E-state index contributed by atoms with van der Waals surface area (Å²) in [5.41, 5.74) is 3.00. The molecule has 7 nitrogen and oxygen atoms in total. The van der Waals surface area contributed by atoms with Crippen LogP contribution in [0, 0.1) is 0 Å². The predicted molar refractivity (Wildman–Crippen MR) is 102 cm³/mol. The number of halogens is 1. The van der Waals surface area contributed by atoms with Crippen LogP contribution in [0.3, 0.4) is 0 Å². The van der Waals surface area contributed by atoms with Gasteiger partial charge in [-0.05, 0) is 60.7 Å². The Kier molecular flexibility index (Phi) is 5.58. The van der Waals surface area contributed by atoms with Crippen molar-refractivity contribution in [3.8, 4) is 0 Å². The van der Waals surface area contributed by atoms with Crippen LogP contribution < -0.4 is 10.1 Å². The summed E-state index contributed by atoms with van der Waals surface area (Å²) in [5.74, 6) is 0.0622. The molecule has 1 heterocycles. The topological polar surface area (TPSA) is 101 Å². The summed E-state index contributed by atoms with van der Waals surface area (Å²) in [7, 11) is -3.75. The third kappa shape index (κ3) is 4.96. The molecule has 0 aliphatic rings. The maximum absolute atomic E-state index is 12.3. The molecule has 138 valence electrons. The molecule has 3 aromatic rings. The Balaban J connectivity index is 1.64. The highest BCUT2D eigenvalue weighted by atomic mass is 35.5. The van der Waals surface area contributed by atoms with E-state index in [1.807, 2.05) is 0 Å². The highest BCUT2D eigenvalue weighted by Crippen LogP contribution is 2.18. The Morgan fingerprint density at radius 3 is 2.37 bits per heavy atom. The first-order chi connectivity index (χ1) is 12.9. The van der Waals surface area contributed by atoms with Crippen molar-refractivity contribution in [2.24, 2.45) is 5.10 Å². The number of anilines is 1. The number of amides is 1. The van der Waals surface area contributed by atoms with Gasteiger partial charge in [0.15, 0.2) is 0 Å². The van der Waals surface area contributed by atoms with Gasteiger partial charge < -0.3 is 4.42 Å². The fourth-order valence-electron chi connectivity index (χ4n) is 2.10. The second-order valence-corrected chi connectivity index (χ2v) is 7.47. The monoisotopic (exact) mass is 403 g/mol. The number of furan rings is 1. The second-order valence-electron chi connectivity index (χ2n) is 5.35. The van der Waals surface area contributed by atoms with Crippen LogP contribution in [0.4, 0.5) is 5.69 Å². The van der Waals surface area contributed by atoms with Crippen molar-refractivity contribution >= 4 is 39.4 Å². The smallest absolute Gasteiger partial charge is 0.271 e. The standard InChI is InChI=1S/C18H14ClN3O4S/c19-14-5-9-17(10-6-14)27(24,25)22-15-7-3-13(4-8-15)18(23)21-20-12-16-2-1-11-26-16/h1-12,22H,(H,21,23)/b20-12-. The van der Waals surface area contributed by atoms with E-state index >= 15 is 0 Å². The van der Waals surface area contributed by atoms with Crippen LogP contribution in [0.5, 0.6) is 0 Å². The quantitative estimate of drug-likeness (QED) is 0.485. The van der Waals surface area contributed by atoms with Crippen LogP contribution in [0.1, 0.15) is 16.1 Å². The van der Waals surface area contributed by atoms with E-state index in [0.29, 0.717) is 22.0 Å². The lowest BCUT2D eigenvalue weighted by Gasteiger charge is -2.08. The number of hydrogen-bond acceptors (Lipinski definition) is 5. The molecule has 27 heavy (non-hydrogen) atoms. The van der Waals surface area contributed by atoms with Crippen LogP contribution in [-0.4, -0.2) is 20.5 Å². The third-order valence-corrected chi connectivity index (χ3v) is 5.07. The summed E-state index contributed by atoms with van der Waals surface area (Å²) in [6.07, 6.45) is 2.86. The molecule has 0 spiro atoms. The molecule has 0 saturated heterocycles. The fraction of sp³-hybridized carbons (Fsp3) is 0. The third-order valence-electron chi connectivity index (χ3n) is 3.42. The van der Waals surface area contributed by atoms with Gasteiger partial charge in [0.25, 0.3) is 15.9 Å². The minimum atomic E-state index is -3.75. The number of benzene rings is 2. The maximum atomic E-state index is 12.3. The van der Waals surface area contributed by atoms with Crippen LogP contribution in [-0.2, 0) is 10.0 Å². The van der Waals surface area contributed by atoms with E-state index in [2.05, 4.69) is 15.2 Å². The van der Waals surface area contributed by atoms with Gasteiger partial charge in [-0.1, -0.05) is 11.6 Å². The van der Waals surface area contributed by atoms with Crippen LogP contribution in [0.25, 0.3) is 0 Å². The molecule has 0 radical (unpaired) electrons. The Morgan fingerprint density at radius 2 is 1.74 bits per heavy atom. The summed E-state index contributed by atoms with van der Waals surface area (Å²) in [4.78, 5) is 12.1. The molecule has 0 aliphatic carbocycles. The van der Waals surface area contributed by atoms with E-state index in [9.17, 15) is 13.2 Å². The number of hydrogen-bond donors (Lipinski definition) is 2. The molecule has 1 amide bonds. The number of carbonyl (C=O) groups is 1. The second kappa shape index (κ2) is 8.07. The van der Waals surface area contributed by atoms with Gasteiger partial charge in [-0.2, -0.15) is 5.10 Å². The lowest BCUT2D eigenvalue weighted by atomic mass is 10.2. The number of hydrazone groups is 1. The van der Waals surface area contributed by atoms with Gasteiger partial charge in [0.05, 0.1) is 17.4 Å². The van der Waals surface area contributed by atoms with E-state index in [1.165, 1.54) is 61.0 Å². The highest BCUT2D eigenvalue weighted by Gasteiger charge is 2.14. The van der Waals surface area contributed by atoms with E-state index in [4.69, 9.17) is 16.0 Å². The number of nitrogens with one attached hydrogen (secondary N) is 2. The highest BCUT2D eigenvalue weighted by molar-refractivity contribution is 7.92. The lowest BCUT2D eigenvalue weighted by molar-refractivity contribution is 0.0955. The Hall–Kier alpha value is -3.10. The first kappa shape index (κ1) is 18.7. The van der Waals surface area contributed by atoms with Gasteiger partial charge in [-0.15, -0.1) is 0 Å². The van der Waals surface area contributed by atoms with Gasteiger partial charge in [0.2, 0.25) is 0 Å². The Bertz CT molecular complexity index is 1050. The molecule has 0 saturated carbocycles. The van der Waals surface area contributed by atoms with Crippen LogP contribution >= 0.6 is 11.6 Å². The first-order valence-electron chi connectivity index (χ1n) is 7.69. The van der Waals surface area contributed by atoms with Crippen molar-refractivity contribution in [3.05, 3.63) is 83.3 Å². The predicted octanol–water partition coefficient (Wildman–Crippen LogP) is 3.50. The molecule has 0 atom stereocenters. The van der Waals surface area contributed by atoms with Crippen LogP contribution in [0.2, 0.25) is 5.02 Å². The molecule has 0 fully saturated rings. The number of rotatable bonds is 6. The molecular formula is C18H14ClN3O4S. The van der Waals surface area contributed by atoms with Gasteiger partial charge in [0, 0.05) is 16.3 Å². The van der Waals surface area contributed by atoms with E-state index in [1.54, 1.807) is 12.1 Å². The molecular weight excluding hydrogens is 390 g/mol. The minimum absolute atomic E-state index is 0.0842. The largest absolute Gasteiger partial charge is 0.463 e. The van der Waals surface area contributed by atoms with E-state index in [0.717, 1.165) is 0 Å². The van der Waals surface area contributed by atoms with Gasteiger partial charge in [0.1, 0.15) is 5.76 Å². The summed E-state index contributed by atoms with van der Waals surface area (Å²) < 4.78 is 32.1. The molecule has 9 heteroatoms. The molecule has 3 rings (SSSR count). The van der Waals surface area contributed by atoms with Gasteiger partial charge in [-0.25, -0.2) is 13.8 Å². The molecule has 0 unspecified atom stereocenters. The van der Waals surface area contributed by atoms with Crippen molar-refractivity contribution in [3.63, 3.8) is 0 Å². The SMILES string of the molecule is O=C(N/N=C\c1ccco1)c1ccc(NS(=O)(=O)c2ccc(Cl)cc2)cc1. The number of nitrogens with zero attached hydrogens (tertiary/aromatic N) is 1. The molecule has 0 aliphatic heterocycles. The zero-order chi connectivity index (χ0) is 19.3. The lowest BCUT2D eigenvalue weighted by Crippen LogP contribution is -2.18. The zero-order valence-corrected chi connectivity index (χ0v) is 15.4. The average Bonchev–Trinajstić information content (AvgIpc) is 3.16. The summed E-state index contributed by atoms with van der Waals surface area (Å²) in [6, 6.07) is 15.1. The Labute approximate surface area is 160 Å². The van der Waals surface area contributed by atoms with E-state index in [-0.39, 0.29) is 4.90 Å². The zero-order valence-electron chi connectivity index (χ0n) is 13.8. The fourth-order valence-corrected chi connectivity index (χ4v) is 3.29. The average molecular weight is 404 g/mol. The minimum Gasteiger partial charge on any atom is -0.463 e. The van der Waals surface area contributed by atoms with Crippen LogP contribution in [0.15, 0.2) is 81.3 Å². The van der Waals surface area contributed by atoms with Gasteiger partial charge in [-0.3, -0.25) is 9.52 Å². The molecule has 2 N–H and O–H groups in total. The number of carbonyl (C=O) groups excluding carboxylic acids is 1.